The SMILES string of the molecule is P.P.P.P.P.P.P.P.P.P.P.[P].[S].[S].[S]. The zero-order chi connectivity index (χ0) is 0. The summed E-state index contributed by atoms with van der Waals surface area (Å²) < 4.78 is 0. The topological polar surface area (TPSA) is 0 Å². The predicted octanol–water partition coefficient (Wildman–Crippen LogP) is 3.44. The molecule has 0 aromatic heterocycles. The predicted molar refractivity (Wildman–Crippen MR) is 152 cm³/mol. The summed E-state index contributed by atoms with van der Waals surface area (Å²) in [4.78, 5) is 0. The van der Waals surface area contributed by atoms with Crippen LogP contribution in [0.25, 0.3) is 0 Å². The summed E-state index contributed by atoms with van der Waals surface area (Å²) in [5.74, 6) is 0. The van der Waals surface area contributed by atoms with Crippen LogP contribution in [0, 0.1) is 0 Å². The first kappa shape index (κ1) is 225. The van der Waals surface area contributed by atoms with Crippen LogP contribution in [0.5, 0.6) is 0 Å². The molecule has 0 saturated heterocycles. The van der Waals surface area contributed by atoms with Crippen LogP contribution < -0.4 is 0 Å². The average Bonchev–Trinajstić information content (AvgIpc) is 0. The van der Waals surface area contributed by atoms with E-state index in [0.29, 0.717) is 0 Å². The second kappa shape index (κ2) is 193. The molecule has 0 aromatic carbocycles. The van der Waals surface area contributed by atoms with Crippen molar-refractivity contribution in [2.24, 2.45) is 0 Å². The molecule has 0 N–H and O–H groups in total. The van der Waals surface area contributed by atoms with E-state index in [-0.39, 0.29) is 159 Å². The summed E-state index contributed by atoms with van der Waals surface area (Å²) >= 11 is 0. The van der Waals surface area contributed by atoms with Crippen LogP contribution in [0.15, 0.2) is 0 Å². The second-order valence-electron chi connectivity index (χ2n) is 0. The maximum absolute atomic E-state index is 0. The summed E-state index contributed by atoms with van der Waals surface area (Å²) in [6, 6.07) is 0. The van der Waals surface area contributed by atoms with Crippen molar-refractivity contribution in [3.63, 3.8) is 0 Å². The normalized spacial score (nSPS) is 0. The molecule has 11 unspecified atom stereocenters. The van der Waals surface area contributed by atoms with Crippen LogP contribution in [-0.2, 0) is 0 Å². The minimum absolute atomic E-state index is 0. The highest BCUT2D eigenvalue weighted by molar-refractivity contribution is 7.59. The Morgan fingerprint density at radius 1 is 0.200 bits per heavy atom. The van der Waals surface area contributed by atoms with Gasteiger partial charge in [-0.15, -0.1) is 0 Å². The Kier molecular flexibility index (Phi) is 2900. The third-order valence-corrected chi connectivity index (χ3v) is 0. The average molecular weight is 501 g/mol. The molecule has 15 heavy (non-hydrogen) atoms. The molecule has 0 aliphatic rings. The zero-order valence-electron chi connectivity index (χ0n) is 9.45. The van der Waals surface area contributed by atoms with Crippen LogP contribution in [0.3, 0.4) is 0 Å². The molecule has 0 amide bonds. The maximum atomic E-state index is 0. The summed E-state index contributed by atoms with van der Waals surface area (Å²) in [7, 11) is 0. The Hall–Kier alpha value is 6.21. The first-order chi connectivity index (χ1) is 0. The molecule has 0 saturated carbocycles. The van der Waals surface area contributed by atoms with E-state index in [0.717, 1.165) is 0 Å². The molecule has 0 aliphatic heterocycles. The Morgan fingerprint density at radius 3 is 0.200 bits per heavy atom. The van der Waals surface area contributed by atoms with Gasteiger partial charge in [0.25, 0.3) is 0 Å². The molecule has 0 fully saturated rings. The molecule has 0 rings (SSSR count). The molecule has 0 bridgehead atoms. The first-order valence-corrected chi connectivity index (χ1v) is 0. The van der Waals surface area contributed by atoms with Crippen molar-refractivity contribution in [2.75, 3.05) is 0 Å². The lowest BCUT2D eigenvalue weighted by molar-refractivity contribution is 6.92. The third-order valence-electron chi connectivity index (χ3n) is 0. The second-order valence-corrected chi connectivity index (χ2v) is 0. The molecule has 0 heterocycles. The summed E-state index contributed by atoms with van der Waals surface area (Å²) in [6.07, 6.45) is 0. The molecule has 0 nitrogen and oxygen atoms in total. The molecule has 0 aliphatic carbocycles. The molecule has 9 radical (unpaired) electrons. The highest BCUT2D eigenvalue weighted by Crippen LogP contribution is 0.872. The van der Waals surface area contributed by atoms with E-state index in [1.54, 1.807) is 0 Å². The van der Waals surface area contributed by atoms with Gasteiger partial charge in [-0.05, 0) is 0 Å². The van der Waals surface area contributed by atoms with Crippen molar-refractivity contribution >= 4 is 159 Å². The zero-order valence-corrected chi connectivity index (χ0v) is 28.4. The molecular formula is H33P12S3. The molecule has 11 atom stereocenters. The Bertz CT molecular complexity index is 10.8. The lowest BCUT2D eigenvalue weighted by atomic mass is 31.0. The first-order valence-electron chi connectivity index (χ1n) is 0. The highest BCUT2D eigenvalue weighted by Gasteiger charge is 0.00330. The van der Waals surface area contributed by atoms with Gasteiger partial charge >= 0.3 is 0 Å². The van der Waals surface area contributed by atoms with E-state index < -0.39 is 0 Å². The largest absolute Gasteiger partial charge is 0.153 e. The maximum Gasteiger partial charge on any atom is 0 e. The van der Waals surface area contributed by atoms with Crippen LogP contribution >= 0.6 is 159 Å². The number of rotatable bonds is 0. The fourth-order valence-corrected chi connectivity index (χ4v) is 0. The monoisotopic (exact) mass is 501 g/mol. The van der Waals surface area contributed by atoms with Gasteiger partial charge < -0.3 is 0 Å². The van der Waals surface area contributed by atoms with Gasteiger partial charge in [-0.2, -0.15) is 109 Å². The van der Waals surface area contributed by atoms with Gasteiger partial charge in [-0.25, -0.2) is 0 Å². The van der Waals surface area contributed by atoms with Crippen molar-refractivity contribution in [1.29, 1.82) is 0 Å². The molecule has 0 aromatic rings. The van der Waals surface area contributed by atoms with Crippen LogP contribution in [-0.4, -0.2) is 0 Å². The lowest BCUT2D eigenvalue weighted by Gasteiger charge is -0.154. The molecule has 0 spiro atoms. The van der Waals surface area contributed by atoms with Gasteiger partial charge in [-0.3, -0.25) is 0 Å². The summed E-state index contributed by atoms with van der Waals surface area (Å²) in [5, 5.41) is 0. The van der Waals surface area contributed by atoms with Crippen LogP contribution in [0.1, 0.15) is 0 Å². The van der Waals surface area contributed by atoms with Crippen molar-refractivity contribution in [3.05, 3.63) is 0 Å². The fourth-order valence-electron chi connectivity index (χ4n) is 0. The van der Waals surface area contributed by atoms with Crippen LogP contribution in [0.2, 0.25) is 0 Å². The van der Waals surface area contributed by atoms with Gasteiger partial charge in [0.15, 0.2) is 0 Å². The minimum atomic E-state index is 0. The van der Waals surface area contributed by atoms with Crippen LogP contribution in [0.4, 0.5) is 0 Å². The van der Waals surface area contributed by atoms with Gasteiger partial charge in [0.05, 0.1) is 0 Å². The third kappa shape index (κ3) is 174. The van der Waals surface area contributed by atoms with E-state index in [1.807, 2.05) is 0 Å². The molecule has 111 valence electrons. The Morgan fingerprint density at radius 2 is 0.200 bits per heavy atom. The van der Waals surface area contributed by atoms with Crippen molar-refractivity contribution in [1.82, 2.24) is 0 Å². The van der Waals surface area contributed by atoms with Crippen molar-refractivity contribution in [3.8, 4) is 0 Å². The molecule has 15 heteroatoms. The van der Waals surface area contributed by atoms with E-state index in [2.05, 4.69) is 0 Å². The van der Waals surface area contributed by atoms with E-state index in [9.17, 15) is 0 Å². The summed E-state index contributed by atoms with van der Waals surface area (Å²) in [6.45, 7) is 0. The standard InChI is InChI=1S/11H3P.P.3S/h11*1H3;;;;. The smallest absolute Gasteiger partial charge is 0 e. The lowest BCUT2D eigenvalue weighted by Crippen LogP contribution is 0.647. The molecular weight excluding hydrogens is 468 g/mol. The van der Waals surface area contributed by atoms with Gasteiger partial charge in [0, 0.05) is 50.4 Å². The number of hydrogen-bond acceptors (Lipinski definition) is 0. The van der Waals surface area contributed by atoms with Crippen molar-refractivity contribution in [2.45, 2.75) is 0 Å². The number of hydrogen-bond donors (Lipinski definition) is 0. The van der Waals surface area contributed by atoms with Gasteiger partial charge in [0.1, 0.15) is 0 Å². The van der Waals surface area contributed by atoms with E-state index in [1.165, 1.54) is 0 Å². The minimum Gasteiger partial charge on any atom is -0.153 e. The van der Waals surface area contributed by atoms with Crippen molar-refractivity contribution < 1.29 is 0 Å². The quantitative estimate of drug-likeness (QED) is 0.447. The van der Waals surface area contributed by atoms with E-state index in [4.69, 9.17) is 0 Å². The van der Waals surface area contributed by atoms with Gasteiger partial charge in [-0.1, -0.05) is 0 Å². The Balaban J connectivity index is 0. The fraction of sp³-hybridized carbons (Fsp3) is 0. The van der Waals surface area contributed by atoms with E-state index >= 15 is 0 Å². The highest BCUT2D eigenvalue weighted by atomic mass is 32.1. The Labute approximate surface area is 158 Å². The van der Waals surface area contributed by atoms with Gasteiger partial charge in [0.2, 0.25) is 0 Å². The summed E-state index contributed by atoms with van der Waals surface area (Å²) in [5.41, 5.74) is 0.